The highest BCUT2D eigenvalue weighted by atomic mass is 15.0. The van der Waals surface area contributed by atoms with Gasteiger partial charge in [-0.1, -0.05) is 121 Å². The molecule has 2 heteroatoms. The maximum absolute atomic E-state index is 2.40. The molecule has 0 fully saturated rings. The van der Waals surface area contributed by atoms with Gasteiger partial charge in [-0.05, 0) is 93.7 Å². The highest BCUT2D eigenvalue weighted by Crippen LogP contribution is 2.38. The summed E-state index contributed by atoms with van der Waals surface area (Å²) in [5.41, 5.74) is 12.1. The summed E-state index contributed by atoms with van der Waals surface area (Å²) >= 11 is 0. The molecule has 10 rings (SSSR count). The number of fused-ring (bicyclic) bond motifs is 7. The van der Waals surface area contributed by atoms with Crippen LogP contribution in [0.1, 0.15) is 0 Å². The molecule has 0 aliphatic heterocycles. The summed E-state index contributed by atoms with van der Waals surface area (Å²) in [7, 11) is 0. The zero-order valence-electron chi connectivity index (χ0n) is 26.2. The third kappa shape index (κ3) is 4.13. The Kier molecular flexibility index (Phi) is 5.91. The summed E-state index contributed by atoms with van der Waals surface area (Å²) in [6.45, 7) is 0. The fraction of sp³-hybridized carbons (Fsp3) is 0. The maximum Gasteiger partial charge on any atom is 0.0541 e. The van der Waals surface area contributed by atoms with Crippen molar-refractivity contribution >= 4 is 54.4 Å². The van der Waals surface area contributed by atoms with E-state index in [1.165, 1.54) is 82.3 Å². The van der Waals surface area contributed by atoms with Crippen molar-refractivity contribution < 1.29 is 0 Å². The van der Waals surface area contributed by atoms with Crippen LogP contribution in [-0.4, -0.2) is 9.13 Å². The average Bonchev–Trinajstić information content (AvgIpc) is 3.67. The molecule has 0 saturated carbocycles. The Bertz CT molecular complexity index is 2820. The molecule has 48 heavy (non-hydrogen) atoms. The van der Waals surface area contributed by atoms with Crippen molar-refractivity contribution in [2.24, 2.45) is 0 Å². The lowest BCUT2D eigenvalue weighted by atomic mass is 10.0. The molecule has 10 aromatic rings. The number of para-hydroxylation sites is 2. The second kappa shape index (κ2) is 10.6. The van der Waals surface area contributed by atoms with E-state index in [1.54, 1.807) is 0 Å². The van der Waals surface area contributed by atoms with E-state index in [9.17, 15) is 0 Å². The number of benzene rings is 8. The van der Waals surface area contributed by atoms with Crippen molar-refractivity contribution in [1.82, 2.24) is 9.13 Å². The Morgan fingerprint density at radius 2 is 0.708 bits per heavy atom. The van der Waals surface area contributed by atoms with Crippen LogP contribution in [0.3, 0.4) is 0 Å². The van der Waals surface area contributed by atoms with Crippen molar-refractivity contribution in [3.05, 3.63) is 182 Å². The summed E-state index contributed by atoms with van der Waals surface area (Å²) in [4.78, 5) is 0. The maximum atomic E-state index is 2.40. The summed E-state index contributed by atoms with van der Waals surface area (Å²) in [5, 5.41) is 7.54. The fourth-order valence-electron chi connectivity index (χ4n) is 7.61. The summed E-state index contributed by atoms with van der Waals surface area (Å²) in [5.74, 6) is 0. The minimum atomic E-state index is 1.16. The van der Waals surface area contributed by atoms with Gasteiger partial charge in [0.15, 0.2) is 0 Å². The molecule has 0 bridgehead atoms. The minimum Gasteiger partial charge on any atom is -0.309 e. The Morgan fingerprint density at radius 1 is 0.250 bits per heavy atom. The molecule has 0 aliphatic carbocycles. The Hall–Kier alpha value is -6.38. The van der Waals surface area contributed by atoms with Gasteiger partial charge < -0.3 is 9.13 Å². The Labute approximate surface area is 278 Å². The van der Waals surface area contributed by atoms with Gasteiger partial charge in [0.05, 0.1) is 22.1 Å². The van der Waals surface area contributed by atoms with E-state index in [4.69, 9.17) is 0 Å². The van der Waals surface area contributed by atoms with Gasteiger partial charge in [0.2, 0.25) is 0 Å². The summed E-state index contributed by atoms with van der Waals surface area (Å²) in [6.07, 6.45) is 0. The van der Waals surface area contributed by atoms with E-state index >= 15 is 0 Å². The minimum absolute atomic E-state index is 1.16. The van der Waals surface area contributed by atoms with Crippen LogP contribution in [0.2, 0.25) is 0 Å². The lowest BCUT2D eigenvalue weighted by Crippen LogP contribution is -1.94. The highest BCUT2D eigenvalue weighted by Gasteiger charge is 2.16. The van der Waals surface area contributed by atoms with Crippen LogP contribution in [0.25, 0.3) is 88.0 Å². The zero-order chi connectivity index (χ0) is 31.6. The molecule has 8 aromatic carbocycles. The first-order chi connectivity index (χ1) is 23.8. The van der Waals surface area contributed by atoms with Gasteiger partial charge in [0.25, 0.3) is 0 Å². The SMILES string of the molecule is c1ccc(-c2ccc(-n3c4ccccc4c4cc(-c5ccc6c(c5)c5ccccc5n6-c5ccc6ccccc6c5)ccc43)cc2)cc1. The average molecular weight is 611 g/mol. The molecular weight excluding hydrogens is 581 g/mol. The first-order valence-electron chi connectivity index (χ1n) is 16.5. The first kappa shape index (κ1) is 26.8. The Balaban J connectivity index is 1.12. The van der Waals surface area contributed by atoms with Crippen molar-refractivity contribution in [1.29, 1.82) is 0 Å². The van der Waals surface area contributed by atoms with Crippen molar-refractivity contribution in [3.8, 4) is 33.6 Å². The van der Waals surface area contributed by atoms with Gasteiger partial charge in [-0.2, -0.15) is 0 Å². The molecule has 0 spiro atoms. The van der Waals surface area contributed by atoms with Crippen molar-refractivity contribution in [2.45, 2.75) is 0 Å². The van der Waals surface area contributed by atoms with E-state index in [-0.39, 0.29) is 0 Å². The molecule has 2 heterocycles. The fourth-order valence-corrected chi connectivity index (χ4v) is 7.61. The molecule has 2 nitrogen and oxygen atoms in total. The van der Waals surface area contributed by atoms with Crippen LogP contribution in [-0.2, 0) is 0 Å². The topological polar surface area (TPSA) is 9.86 Å². The predicted octanol–water partition coefficient (Wildman–Crippen LogP) is 12.4. The summed E-state index contributed by atoms with van der Waals surface area (Å²) < 4.78 is 4.80. The summed E-state index contributed by atoms with van der Waals surface area (Å²) in [6, 6.07) is 66.2. The molecular formula is C46H30N2. The van der Waals surface area contributed by atoms with E-state index in [1.807, 2.05) is 0 Å². The van der Waals surface area contributed by atoms with Gasteiger partial charge in [-0.25, -0.2) is 0 Å². The molecule has 0 amide bonds. The molecule has 0 atom stereocenters. The smallest absolute Gasteiger partial charge is 0.0541 e. The van der Waals surface area contributed by atoms with Gasteiger partial charge in [-0.3, -0.25) is 0 Å². The van der Waals surface area contributed by atoms with Crippen LogP contribution >= 0.6 is 0 Å². The van der Waals surface area contributed by atoms with Gasteiger partial charge in [0.1, 0.15) is 0 Å². The second-order valence-electron chi connectivity index (χ2n) is 12.6. The molecule has 224 valence electrons. The van der Waals surface area contributed by atoms with Crippen LogP contribution in [0.5, 0.6) is 0 Å². The normalized spacial score (nSPS) is 11.8. The molecule has 0 unspecified atom stereocenters. The van der Waals surface area contributed by atoms with E-state index < -0.39 is 0 Å². The van der Waals surface area contributed by atoms with Gasteiger partial charge in [0, 0.05) is 32.9 Å². The first-order valence-corrected chi connectivity index (χ1v) is 16.5. The van der Waals surface area contributed by atoms with E-state index in [2.05, 4.69) is 191 Å². The van der Waals surface area contributed by atoms with E-state index in [0.717, 1.165) is 5.69 Å². The van der Waals surface area contributed by atoms with Gasteiger partial charge >= 0.3 is 0 Å². The molecule has 0 saturated heterocycles. The van der Waals surface area contributed by atoms with Crippen LogP contribution in [0.15, 0.2) is 182 Å². The highest BCUT2D eigenvalue weighted by molar-refractivity contribution is 6.12. The quantitative estimate of drug-likeness (QED) is 0.188. The standard InChI is InChI=1S/C46H30N2/c1-2-10-31(11-3-1)33-18-23-37(24-19-33)47-43-16-8-6-14-39(43)41-29-35(21-26-45(41)47)36-22-27-46-42(30-36)40-15-7-9-17-44(40)48(46)38-25-20-32-12-4-5-13-34(32)28-38/h1-30H. The van der Waals surface area contributed by atoms with Crippen LogP contribution in [0.4, 0.5) is 0 Å². The Morgan fingerprint density at radius 3 is 1.35 bits per heavy atom. The molecule has 0 aliphatic rings. The predicted molar refractivity (Wildman–Crippen MR) is 203 cm³/mol. The monoisotopic (exact) mass is 610 g/mol. The van der Waals surface area contributed by atoms with Gasteiger partial charge in [-0.15, -0.1) is 0 Å². The van der Waals surface area contributed by atoms with Crippen molar-refractivity contribution in [2.75, 3.05) is 0 Å². The van der Waals surface area contributed by atoms with Crippen molar-refractivity contribution in [3.63, 3.8) is 0 Å². The number of nitrogens with zero attached hydrogens (tertiary/aromatic N) is 2. The third-order valence-electron chi connectivity index (χ3n) is 9.90. The number of hydrogen-bond donors (Lipinski definition) is 0. The van der Waals surface area contributed by atoms with E-state index in [0.29, 0.717) is 0 Å². The number of hydrogen-bond acceptors (Lipinski definition) is 0. The largest absolute Gasteiger partial charge is 0.309 e. The number of rotatable bonds is 4. The molecule has 0 N–H and O–H groups in total. The third-order valence-corrected chi connectivity index (χ3v) is 9.90. The second-order valence-corrected chi connectivity index (χ2v) is 12.6. The number of aromatic nitrogens is 2. The molecule has 0 radical (unpaired) electrons. The zero-order valence-corrected chi connectivity index (χ0v) is 26.2. The lowest BCUT2D eigenvalue weighted by Gasteiger charge is -2.11. The lowest BCUT2D eigenvalue weighted by molar-refractivity contribution is 1.18. The molecule has 2 aromatic heterocycles. The van der Waals surface area contributed by atoms with Crippen LogP contribution in [0, 0.1) is 0 Å². The van der Waals surface area contributed by atoms with Crippen LogP contribution < -0.4 is 0 Å².